The average molecular weight is 235 g/mol. The van der Waals surface area contributed by atoms with Gasteiger partial charge in [-0.2, -0.15) is 0 Å². The molecule has 0 spiro atoms. The van der Waals surface area contributed by atoms with E-state index in [0.717, 1.165) is 5.02 Å². The summed E-state index contributed by atoms with van der Waals surface area (Å²) in [5, 5.41) is 0.960. The van der Waals surface area contributed by atoms with Crippen LogP contribution in [0.4, 0.5) is 0 Å². The first-order chi connectivity index (χ1) is 7.68. The Labute approximate surface area is 103 Å². The number of hydrogen-bond donors (Lipinski definition) is 0. The van der Waals surface area contributed by atoms with Gasteiger partial charge in [-0.25, -0.2) is 0 Å². The predicted octanol–water partition coefficient (Wildman–Crippen LogP) is 4.97. The molecule has 2 rings (SSSR count). The molecule has 86 valence electrons. The quantitative estimate of drug-likeness (QED) is 0.645. The zero-order valence-corrected chi connectivity index (χ0v) is 10.8. The first-order valence-electron chi connectivity index (χ1n) is 6.12. The van der Waals surface area contributed by atoms with Crippen LogP contribution in [0.5, 0.6) is 0 Å². The lowest BCUT2D eigenvalue weighted by molar-refractivity contribution is 0.564. The van der Waals surface area contributed by atoms with Gasteiger partial charge in [0.05, 0.1) is 0 Å². The third kappa shape index (κ3) is 2.49. The Hall–Kier alpha value is -0.750. The van der Waals surface area contributed by atoms with E-state index in [4.69, 9.17) is 11.6 Å². The maximum Gasteiger partial charge on any atom is 0.0443 e. The van der Waals surface area contributed by atoms with Gasteiger partial charge in [0, 0.05) is 5.02 Å². The lowest BCUT2D eigenvalue weighted by atomic mass is 9.75. The molecule has 0 bridgehead atoms. The van der Waals surface area contributed by atoms with Gasteiger partial charge in [-0.05, 0) is 48.3 Å². The minimum atomic E-state index is 0.664. The van der Waals surface area contributed by atoms with E-state index in [1.165, 1.54) is 30.4 Å². The van der Waals surface area contributed by atoms with Crippen LogP contribution in [0.2, 0.25) is 5.02 Å². The van der Waals surface area contributed by atoms with E-state index in [2.05, 4.69) is 38.1 Å². The summed E-state index contributed by atoms with van der Waals surface area (Å²) in [7, 11) is 0. The van der Waals surface area contributed by atoms with Crippen molar-refractivity contribution in [1.29, 1.82) is 0 Å². The molecular formula is C15H19Cl. The van der Waals surface area contributed by atoms with E-state index < -0.39 is 0 Å². The Morgan fingerprint density at radius 3 is 2.94 bits per heavy atom. The van der Waals surface area contributed by atoms with Crippen LogP contribution in [0, 0.1) is 5.92 Å². The molecule has 0 saturated heterocycles. The first kappa shape index (κ1) is 11.7. The van der Waals surface area contributed by atoms with Crippen molar-refractivity contribution in [3.63, 3.8) is 0 Å². The Bertz CT molecular complexity index is 376. The molecule has 1 aliphatic carbocycles. The van der Waals surface area contributed by atoms with Gasteiger partial charge in [-0.3, -0.25) is 0 Å². The first-order valence-corrected chi connectivity index (χ1v) is 6.50. The van der Waals surface area contributed by atoms with Gasteiger partial charge < -0.3 is 0 Å². The number of allylic oxidation sites excluding steroid dienone is 2. The van der Waals surface area contributed by atoms with Crippen LogP contribution in [0.25, 0.3) is 0 Å². The van der Waals surface area contributed by atoms with Gasteiger partial charge in [0.2, 0.25) is 0 Å². The second-order valence-corrected chi connectivity index (χ2v) is 5.37. The topological polar surface area (TPSA) is 0 Å². The average Bonchev–Trinajstić information content (AvgIpc) is 2.18. The molecule has 1 aliphatic rings. The smallest absolute Gasteiger partial charge is 0.0443 e. The van der Waals surface area contributed by atoms with Crippen LogP contribution in [-0.2, 0) is 6.42 Å². The number of rotatable bonds is 4. The minimum absolute atomic E-state index is 0.664. The highest BCUT2D eigenvalue weighted by molar-refractivity contribution is 6.31. The van der Waals surface area contributed by atoms with Crippen LogP contribution in [0.15, 0.2) is 30.4 Å². The molecular weight excluding hydrogens is 216 g/mol. The molecule has 0 heterocycles. The molecule has 0 nitrogen and oxygen atoms in total. The predicted molar refractivity (Wildman–Crippen MR) is 71.1 cm³/mol. The largest absolute Gasteiger partial charge is 0.0883 e. The summed E-state index contributed by atoms with van der Waals surface area (Å²) in [6.07, 6.45) is 8.21. The monoisotopic (exact) mass is 234 g/mol. The van der Waals surface area contributed by atoms with E-state index in [1.807, 2.05) is 6.07 Å². The van der Waals surface area contributed by atoms with Gasteiger partial charge in [0.1, 0.15) is 0 Å². The molecule has 1 atom stereocenters. The molecule has 0 saturated carbocycles. The highest BCUT2D eigenvalue weighted by Gasteiger charge is 2.27. The Balaban J connectivity index is 1.89. The van der Waals surface area contributed by atoms with Gasteiger partial charge in [-0.15, -0.1) is 0 Å². The number of benzene rings is 1. The van der Waals surface area contributed by atoms with Crippen molar-refractivity contribution >= 4 is 11.6 Å². The van der Waals surface area contributed by atoms with E-state index in [9.17, 15) is 0 Å². The van der Waals surface area contributed by atoms with Crippen LogP contribution in [-0.4, -0.2) is 0 Å². The molecule has 0 amide bonds. The molecule has 0 aromatic heterocycles. The minimum Gasteiger partial charge on any atom is -0.0883 e. The van der Waals surface area contributed by atoms with Crippen molar-refractivity contribution in [2.75, 3.05) is 0 Å². The van der Waals surface area contributed by atoms with Crippen molar-refractivity contribution in [3.8, 4) is 0 Å². The highest BCUT2D eigenvalue weighted by Crippen LogP contribution is 2.42. The maximum absolute atomic E-state index is 6.21. The molecule has 0 N–H and O–H groups in total. The van der Waals surface area contributed by atoms with Crippen LogP contribution in [0.1, 0.15) is 43.7 Å². The summed E-state index contributed by atoms with van der Waals surface area (Å²) in [6, 6.07) is 6.26. The second kappa shape index (κ2) is 5.05. The van der Waals surface area contributed by atoms with Gasteiger partial charge in [0.15, 0.2) is 0 Å². The molecule has 16 heavy (non-hydrogen) atoms. The van der Waals surface area contributed by atoms with E-state index in [0.29, 0.717) is 11.8 Å². The zero-order valence-electron chi connectivity index (χ0n) is 10.0. The van der Waals surface area contributed by atoms with Gasteiger partial charge >= 0.3 is 0 Å². The SMILES string of the molecule is CC(C)/C=C/CCC1Cc2cccc(Cl)c21. The summed E-state index contributed by atoms with van der Waals surface area (Å²) >= 11 is 6.21. The lowest BCUT2D eigenvalue weighted by Crippen LogP contribution is -2.17. The van der Waals surface area contributed by atoms with Gasteiger partial charge in [-0.1, -0.05) is 49.7 Å². The van der Waals surface area contributed by atoms with Crippen LogP contribution in [0.3, 0.4) is 0 Å². The fourth-order valence-corrected chi connectivity index (χ4v) is 2.71. The summed E-state index contributed by atoms with van der Waals surface area (Å²) < 4.78 is 0. The van der Waals surface area contributed by atoms with Crippen molar-refractivity contribution in [2.24, 2.45) is 5.92 Å². The molecule has 1 aromatic rings. The number of halogens is 1. The maximum atomic E-state index is 6.21. The molecule has 1 aromatic carbocycles. The van der Waals surface area contributed by atoms with Crippen molar-refractivity contribution in [2.45, 2.75) is 39.0 Å². The second-order valence-electron chi connectivity index (χ2n) is 4.96. The van der Waals surface area contributed by atoms with Gasteiger partial charge in [0.25, 0.3) is 0 Å². The molecule has 0 radical (unpaired) electrons. The zero-order chi connectivity index (χ0) is 11.5. The molecule has 0 fully saturated rings. The van der Waals surface area contributed by atoms with Crippen LogP contribution < -0.4 is 0 Å². The number of hydrogen-bond acceptors (Lipinski definition) is 0. The molecule has 1 heteroatoms. The third-order valence-electron chi connectivity index (χ3n) is 3.22. The Morgan fingerprint density at radius 1 is 1.44 bits per heavy atom. The normalized spacial score (nSPS) is 18.9. The molecule has 0 aliphatic heterocycles. The van der Waals surface area contributed by atoms with Crippen LogP contribution >= 0.6 is 11.6 Å². The summed E-state index contributed by atoms with van der Waals surface area (Å²) in [4.78, 5) is 0. The fourth-order valence-electron chi connectivity index (χ4n) is 2.37. The number of fused-ring (bicyclic) bond motifs is 1. The summed E-state index contributed by atoms with van der Waals surface area (Å²) in [6.45, 7) is 4.43. The van der Waals surface area contributed by atoms with E-state index >= 15 is 0 Å². The Kier molecular flexibility index (Phi) is 3.70. The summed E-state index contributed by atoms with van der Waals surface area (Å²) in [5.41, 5.74) is 2.85. The Morgan fingerprint density at radius 2 is 2.25 bits per heavy atom. The van der Waals surface area contributed by atoms with Crippen molar-refractivity contribution < 1.29 is 0 Å². The van der Waals surface area contributed by atoms with Crippen molar-refractivity contribution in [3.05, 3.63) is 46.5 Å². The standard InChI is InChI=1S/C15H19Cl/c1-11(2)6-3-4-7-12-10-13-8-5-9-14(16)15(12)13/h3,5-6,8-9,11-12H,4,7,10H2,1-2H3/b6-3+. The highest BCUT2D eigenvalue weighted by atomic mass is 35.5. The fraction of sp³-hybridized carbons (Fsp3) is 0.467. The molecule has 1 unspecified atom stereocenters. The van der Waals surface area contributed by atoms with E-state index in [1.54, 1.807) is 0 Å². The third-order valence-corrected chi connectivity index (χ3v) is 3.55. The van der Waals surface area contributed by atoms with Crippen molar-refractivity contribution in [1.82, 2.24) is 0 Å². The summed E-state index contributed by atoms with van der Waals surface area (Å²) in [5.74, 6) is 1.36. The van der Waals surface area contributed by atoms with E-state index in [-0.39, 0.29) is 0 Å². The lowest BCUT2D eigenvalue weighted by Gasteiger charge is -2.31.